The number of rotatable bonds is 3. The molecule has 19 heavy (non-hydrogen) atoms. The average Bonchev–Trinajstić information content (AvgIpc) is 3.09. The normalized spacial score (nSPS) is 10.5. The lowest BCUT2D eigenvalue weighted by atomic mass is 10.2. The summed E-state index contributed by atoms with van der Waals surface area (Å²) in [4.78, 5) is 12.7. The number of hydrogen-bond donors (Lipinski definition) is 1. The maximum atomic E-state index is 10.8. The van der Waals surface area contributed by atoms with Crippen molar-refractivity contribution in [3.63, 3.8) is 0 Å². The molecule has 0 unspecified atom stereocenters. The molecule has 0 aliphatic carbocycles. The molecule has 0 aliphatic rings. The van der Waals surface area contributed by atoms with E-state index < -0.39 is 5.97 Å². The molecule has 94 valence electrons. The van der Waals surface area contributed by atoms with Gasteiger partial charge in [0.25, 0.3) is 0 Å². The Kier molecular flexibility index (Phi) is 2.89. The molecule has 0 fully saturated rings. The van der Waals surface area contributed by atoms with Crippen LogP contribution in [0.15, 0.2) is 53.1 Å². The van der Waals surface area contributed by atoms with Crippen LogP contribution in [0.4, 0.5) is 0 Å². The zero-order chi connectivity index (χ0) is 13.2. The maximum Gasteiger partial charge on any atom is 0.358 e. The van der Waals surface area contributed by atoms with Crippen molar-refractivity contribution in [1.82, 2.24) is 5.16 Å². The summed E-state index contributed by atoms with van der Waals surface area (Å²) < 4.78 is 5.04. The monoisotopic (exact) mass is 271 g/mol. The summed E-state index contributed by atoms with van der Waals surface area (Å²) in [6.45, 7) is 0. The highest BCUT2D eigenvalue weighted by Gasteiger charge is 2.14. The van der Waals surface area contributed by atoms with Crippen molar-refractivity contribution in [1.29, 1.82) is 0 Å². The first kappa shape index (κ1) is 11.7. The minimum Gasteiger partial charge on any atom is -0.476 e. The van der Waals surface area contributed by atoms with Crippen LogP contribution in [-0.4, -0.2) is 16.2 Å². The van der Waals surface area contributed by atoms with Gasteiger partial charge in [-0.3, -0.25) is 0 Å². The van der Waals surface area contributed by atoms with Gasteiger partial charge in [-0.25, -0.2) is 4.79 Å². The van der Waals surface area contributed by atoms with Gasteiger partial charge in [0.05, 0.1) is 4.88 Å². The molecule has 2 heterocycles. The van der Waals surface area contributed by atoms with Crippen LogP contribution >= 0.6 is 11.3 Å². The van der Waals surface area contributed by atoms with Crippen LogP contribution in [0.2, 0.25) is 0 Å². The van der Waals surface area contributed by atoms with E-state index in [2.05, 4.69) is 5.16 Å². The summed E-state index contributed by atoms with van der Waals surface area (Å²) in [5.74, 6) is -0.612. The van der Waals surface area contributed by atoms with Crippen molar-refractivity contribution in [3.8, 4) is 21.1 Å². The van der Waals surface area contributed by atoms with Gasteiger partial charge in [0.2, 0.25) is 0 Å². The number of aromatic nitrogens is 1. The molecule has 5 heteroatoms. The number of thiophene rings is 1. The molecule has 0 saturated carbocycles. The first-order valence-corrected chi connectivity index (χ1v) is 6.41. The Labute approximate surface area is 112 Å². The number of carbonyl (C=O) groups is 1. The third kappa shape index (κ3) is 2.28. The number of carboxylic acids is 1. The third-order valence-electron chi connectivity index (χ3n) is 2.64. The number of aromatic carboxylic acids is 1. The topological polar surface area (TPSA) is 63.3 Å². The molecule has 3 aromatic rings. The Bertz CT molecular complexity index is 715. The largest absolute Gasteiger partial charge is 0.476 e. The predicted octanol–water partition coefficient (Wildman–Crippen LogP) is 3.77. The fourth-order valence-corrected chi connectivity index (χ4v) is 2.68. The van der Waals surface area contributed by atoms with Gasteiger partial charge in [0.1, 0.15) is 0 Å². The van der Waals surface area contributed by atoms with Gasteiger partial charge in [0.15, 0.2) is 11.5 Å². The summed E-state index contributed by atoms with van der Waals surface area (Å²) in [6, 6.07) is 15.3. The SMILES string of the molecule is O=C(O)c1cc(-c2ccc(-c3ccccc3)s2)on1. The van der Waals surface area contributed by atoms with E-state index >= 15 is 0 Å². The molecule has 1 N–H and O–H groups in total. The lowest BCUT2D eigenvalue weighted by Gasteiger charge is -1.94. The summed E-state index contributed by atoms with van der Waals surface area (Å²) in [5.41, 5.74) is 1.04. The number of hydrogen-bond acceptors (Lipinski definition) is 4. The second-order valence-corrected chi connectivity index (χ2v) is 5.00. The Hall–Kier alpha value is -2.40. The standard InChI is InChI=1S/C14H9NO3S/c16-14(17)10-8-11(18-15-10)13-7-6-12(19-13)9-4-2-1-3-5-9/h1-8H,(H,16,17). The van der Waals surface area contributed by atoms with Gasteiger partial charge in [-0.15, -0.1) is 11.3 Å². The van der Waals surface area contributed by atoms with Crippen LogP contribution in [0.5, 0.6) is 0 Å². The molecule has 1 aromatic carbocycles. The van der Waals surface area contributed by atoms with Gasteiger partial charge in [0, 0.05) is 10.9 Å². The Balaban J connectivity index is 1.94. The Morgan fingerprint density at radius 2 is 1.84 bits per heavy atom. The van der Waals surface area contributed by atoms with E-state index in [0.29, 0.717) is 5.76 Å². The minimum absolute atomic E-state index is 0.0790. The van der Waals surface area contributed by atoms with Crippen LogP contribution in [0, 0.1) is 0 Å². The molecule has 0 aliphatic heterocycles. The van der Waals surface area contributed by atoms with Crippen molar-refractivity contribution in [2.24, 2.45) is 0 Å². The summed E-state index contributed by atoms with van der Waals surface area (Å²) >= 11 is 1.54. The van der Waals surface area contributed by atoms with Crippen LogP contribution in [-0.2, 0) is 0 Å². The zero-order valence-electron chi connectivity index (χ0n) is 9.74. The molecular formula is C14H9NO3S. The average molecular weight is 271 g/mol. The van der Waals surface area contributed by atoms with E-state index in [4.69, 9.17) is 9.63 Å². The molecule has 0 saturated heterocycles. The Morgan fingerprint density at radius 3 is 2.53 bits per heavy atom. The molecule has 2 aromatic heterocycles. The van der Waals surface area contributed by atoms with Crippen molar-refractivity contribution < 1.29 is 14.4 Å². The maximum absolute atomic E-state index is 10.8. The molecule has 0 radical (unpaired) electrons. The number of benzene rings is 1. The van der Waals surface area contributed by atoms with E-state index in [9.17, 15) is 4.79 Å². The predicted molar refractivity (Wildman–Crippen MR) is 72.2 cm³/mol. The van der Waals surface area contributed by atoms with E-state index in [1.54, 1.807) is 0 Å². The smallest absolute Gasteiger partial charge is 0.358 e. The van der Waals surface area contributed by atoms with Crippen molar-refractivity contribution in [3.05, 3.63) is 54.2 Å². The number of carboxylic acid groups (broad SMARTS) is 1. The van der Waals surface area contributed by atoms with E-state index in [1.807, 2.05) is 42.5 Å². The minimum atomic E-state index is -1.09. The summed E-state index contributed by atoms with van der Waals surface area (Å²) in [7, 11) is 0. The van der Waals surface area contributed by atoms with Gasteiger partial charge >= 0.3 is 5.97 Å². The van der Waals surface area contributed by atoms with Crippen molar-refractivity contribution in [2.75, 3.05) is 0 Å². The fourth-order valence-electron chi connectivity index (χ4n) is 1.72. The fraction of sp³-hybridized carbons (Fsp3) is 0. The van der Waals surface area contributed by atoms with Crippen molar-refractivity contribution in [2.45, 2.75) is 0 Å². The highest BCUT2D eigenvalue weighted by molar-refractivity contribution is 7.18. The first-order valence-electron chi connectivity index (χ1n) is 5.60. The molecule has 0 amide bonds. The van der Waals surface area contributed by atoms with Crippen LogP contribution < -0.4 is 0 Å². The van der Waals surface area contributed by atoms with Crippen molar-refractivity contribution >= 4 is 17.3 Å². The Morgan fingerprint density at radius 1 is 1.11 bits per heavy atom. The van der Waals surface area contributed by atoms with E-state index in [1.165, 1.54) is 17.4 Å². The second-order valence-electron chi connectivity index (χ2n) is 3.91. The van der Waals surface area contributed by atoms with Crippen LogP contribution in [0.3, 0.4) is 0 Å². The van der Waals surface area contributed by atoms with Gasteiger partial charge in [-0.2, -0.15) is 0 Å². The quantitative estimate of drug-likeness (QED) is 0.787. The van der Waals surface area contributed by atoms with Gasteiger partial charge in [-0.1, -0.05) is 35.5 Å². The van der Waals surface area contributed by atoms with Crippen LogP contribution in [0.1, 0.15) is 10.5 Å². The molecule has 3 rings (SSSR count). The molecule has 4 nitrogen and oxygen atoms in total. The second kappa shape index (κ2) is 4.70. The van der Waals surface area contributed by atoms with Crippen LogP contribution in [0.25, 0.3) is 21.1 Å². The molecular weight excluding hydrogens is 262 g/mol. The zero-order valence-corrected chi connectivity index (χ0v) is 10.6. The van der Waals surface area contributed by atoms with Gasteiger partial charge < -0.3 is 9.63 Å². The first-order chi connectivity index (χ1) is 9.24. The van der Waals surface area contributed by atoms with E-state index in [0.717, 1.165) is 15.3 Å². The molecule has 0 spiro atoms. The highest BCUT2D eigenvalue weighted by Crippen LogP contribution is 2.34. The van der Waals surface area contributed by atoms with Gasteiger partial charge in [-0.05, 0) is 17.7 Å². The summed E-state index contributed by atoms with van der Waals surface area (Å²) in [6.07, 6.45) is 0. The van der Waals surface area contributed by atoms with E-state index in [-0.39, 0.29) is 5.69 Å². The lowest BCUT2D eigenvalue weighted by Crippen LogP contribution is -1.94. The highest BCUT2D eigenvalue weighted by atomic mass is 32.1. The third-order valence-corrected chi connectivity index (χ3v) is 3.79. The summed E-state index contributed by atoms with van der Waals surface area (Å²) in [5, 5.41) is 12.3. The lowest BCUT2D eigenvalue weighted by molar-refractivity contribution is 0.0686. The molecule has 0 atom stereocenters. The molecule has 0 bridgehead atoms. The number of nitrogens with zero attached hydrogens (tertiary/aromatic N) is 1.